The highest BCUT2D eigenvalue weighted by molar-refractivity contribution is 7.13. The molecule has 0 aliphatic rings. The minimum Gasteiger partial charge on any atom is -0.268 e. The van der Waals surface area contributed by atoms with Crippen molar-refractivity contribution in [3.8, 4) is 10.6 Å². The summed E-state index contributed by atoms with van der Waals surface area (Å²) in [5, 5.41) is 6.41. The second-order valence-corrected chi connectivity index (χ2v) is 5.48. The molecule has 0 fully saturated rings. The van der Waals surface area contributed by atoms with E-state index in [4.69, 9.17) is 0 Å². The highest BCUT2D eigenvalue weighted by Gasteiger charge is 2.02. The quantitative estimate of drug-likeness (QED) is 0.735. The molecular weight excluding hydrogens is 280 g/mol. The van der Waals surface area contributed by atoms with Gasteiger partial charge in [-0.15, -0.1) is 11.3 Å². The predicted octanol–water partition coefficient (Wildman–Crippen LogP) is 3.69. The Morgan fingerprint density at radius 3 is 2.67 bits per heavy atom. The largest absolute Gasteiger partial charge is 0.268 e. The molecule has 0 spiro atoms. The van der Waals surface area contributed by atoms with Crippen LogP contribution in [0.5, 0.6) is 0 Å². The Balaban J connectivity index is 1.81. The van der Waals surface area contributed by atoms with Gasteiger partial charge in [-0.25, -0.2) is 4.68 Å². The van der Waals surface area contributed by atoms with Crippen LogP contribution < -0.4 is 5.56 Å². The molecule has 0 amide bonds. The van der Waals surface area contributed by atoms with Crippen LogP contribution in [0.15, 0.2) is 70.8 Å². The van der Waals surface area contributed by atoms with E-state index in [1.54, 1.807) is 23.5 Å². The van der Waals surface area contributed by atoms with E-state index in [2.05, 4.69) is 5.10 Å². The van der Waals surface area contributed by atoms with Crippen molar-refractivity contribution in [2.75, 3.05) is 0 Å². The first kappa shape index (κ1) is 13.5. The van der Waals surface area contributed by atoms with Crippen molar-refractivity contribution >= 4 is 17.4 Å². The number of nitrogens with zero attached hydrogens (tertiary/aromatic N) is 2. The molecule has 0 saturated heterocycles. The maximum atomic E-state index is 11.9. The monoisotopic (exact) mass is 294 g/mol. The maximum Gasteiger partial charge on any atom is 0.267 e. The van der Waals surface area contributed by atoms with Gasteiger partial charge in [-0.3, -0.25) is 4.79 Å². The van der Waals surface area contributed by atoms with Gasteiger partial charge in [-0.2, -0.15) is 5.10 Å². The van der Waals surface area contributed by atoms with E-state index in [0.29, 0.717) is 6.54 Å². The predicted molar refractivity (Wildman–Crippen MR) is 87.3 cm³/mol. The Kier molecular flexibility index (Phi) is 4.07. The lowest BCUT2D eigenvalue weighted by Gasteiger charge is -2.03. The molecule has 3 rings (SSSR count). The lowest BCUT2D eigenvalue weighted by Crippen LogP contribution is -2.21. The van der Waals surface area contributed by atoms with E-state index >= 15 is 0 Å². The number of hydrogen-bond donors (Lipinski definition) is 0. The Bertz CT molecular complexity index is 789. The average Bonchev–Trinajstić information content (AvgIpc) is 3.04. The van der Waals surface area contributed by atoms with Gasteiger partial charge in [0.1, 0.15) is 5.69 Å². The summed E-state index contributed by atoms with van der Waals surface area (Å²) in [6.45, 7) is 0.465. The van der Waals surface area contributed by atoms with Crippen LogP contribution in [0.2, 0.25) is 0 Å². The van der Waals surface area contributed by atoms with Crippen LogP contribution in [0, 0.1) is 0 Å². The molecule has 0 bridgehead atoms. The molecule has 0 aliphatic carbocycles. The number of thiophene rings is 1. The Morgan fingerprint density at radius 1 is 1.05 bits per heavy atom. The Hall–Kier alpha value is -2.46. The molecule has 3 aromatic rings. The summed E-state index contributed by atoms with van der Waals surface area (Å²) >= 11 is 1.62. The van der Waals surface area contributed by atoms with Gasteiger partial charge in [0.2, 0.25) is 0 Å². The number of rotatable bonds is 4. The fourth-order valence-electron chi connectivity index (χ4n) is 1.99. The van der Waals surface area contributed by atoms with Crippen molar-refractivity contribution in [3.05, 3.63) is 82.0 Å². The first-order valence-electron chi connectivity index (χ1n) is 6.66. The fourth-order valence-corrected chi connectivity index (χ4v) is 2.68. The zero-order valence-corrected chi connectivity index (χ0v) is 12.2. The molecule has 21 heavy (non-hydrogen) atoms. The summed E-state index contributed by atoms with van der Waals surface area (Å²) in [4.78, 5) is 12.9. The van der Waals surface area contributed by atoms with E-state index in [1.807, 2.05) is 60.0 Å². The Labute approximate surface area is 126 Å². The van der Waals surface area contributed by atoms with Gasteiger partial charge in [-0.1, -0.05) is 48.6 Å². The maximum absolute atomic E-state index is 11.9. The molecule has 0 radical (unpaired) electrons. The fraction of sp³-hybridized carbons (Fsp3) is 0.0588. The van der Waals surface area contributed by atoms with Gasteiger partial charge < -0.3 is 0 Å². The molecule has 3 nitrogen and oxygen atoms in total. The first-order valence-corrected chi connectivity index (χ1v) is 7.54. The third-order valence-electron chi connectivity index (χ3n) is 3.03. The van der Waals surface area contributed by atoms with Crippen molar-refractivity contribution in [2.24, 2.45) is 0 Å². The molecular formula is C17H14N2OS. The minimum atomic E-state index is -0.0898. The van der Waals surface area contributed by atoms with E-state index in [1.165, 1.54) is 4.68 Å². The van der Waals surface area contributed by atoms with Crippen molar-refractivity contribution in [2.45, 2.75) is 6.54 Å². The highest BCUT2D eigenvalue weighted by Crippen LogP contribution is 2.20. The first-order chi connectivity index (χ1) is 10.3. The number of hydrogen-bond acceptors (Lipinski definition) is 3. The summed E-state index contributed by atoms with van der Waals surface area (Å²) in [6.07, 6.45) is 3.94. The van der Waals surface area contributed by atoms with E-state index < -0.39 is 0 Å². The van der Waals surface area contributed by atoms with Crippen LogP contribution in [0.3, 0.4) is 0 Å². The number of benzene rings is 1. The molecule has 4 heteroatoms. The molecule has 0 atom stereocenters. The lowest BCUT2D eigenvalue weighted by molar-refractivity contribution is 0.657. The molecule has 0 unspecified atom stereocenters. The van der Waals surface area contributed by atoms with Crippen molar-refractivity contribution in [1.29, 1.82) is 0 Å². The van der Waals surface area contributed by atoms with Crippen LogP contribution in [0.1, 0.15) is 5.56 Å². The van der Waals surface area contributed by atoms with Crippen LogP contribution in [-0.4, -0.2) is 9.78 Å². The second kappa shape index (κ2) is 6.33. The third kappa shape index (κ3) is 3.35. The summed E-state index contributed by atoms with van der Waals surface area (Å²) < 4.78 is 1.48. The zero-order valence-electron chi connectivity index (χ0n) is 11.3. The molecule has 104 valence electrons. The van der Waals surface area contributed by atoms with Crippen molar-refractivity contribution < 1.29 is 0 Å². The molecule has 0 saturated carbocycles. The minimum absolute atomic E-state index is 0.0898. The van der Waals surface area contributed by atoms with Gasteiger partial charge >= 0.3 is 0 Å². The van der Waals surface area contributed by atoms with Gasteiger partial charge in [0.25, 0.3) is 5.56 Å². The van der Waals surface area contributed by atoms with Crippen molar-refractivity contribution in [3.63, 3.8) is 0 Å². The SMILES string of the molecule is O=c1ccc(-c2cccs2)nn1CC=Cc1ccccc1. The standard InChI is InChI=1S/C17H14N2OS/c20-17-11-10-15(16-9-5-13-21-16)18-19(17)12-4-8-14-6-2-1-3-7-14/h1-11,13H,12H2. The van der Waals surface area contributed by atoms with E-state index in [0.717, 1.165) is 16.1 Å². The second-order valence-electron chi connectivity index (χ2n) is 4.53. The smallest absolute Gasteiger partial charge is 0.267 e. The van der Waals surface area contributed by atoms with E-state index in [-0.39, 0.29) is 5.56 Å². The molecule has 2 aromatic heterocycles. The number of aromatic nitrogens is 2. The Morgan fingerprint density at radius 2 is 1.90 bits per heavy atom. The summed E-state index contributed by atoms with van der Waals surface area (Å²) in [7, 11) is 0. The average molecular weight is 294 g/mol. The van der Waals surface area contributed by atoms with Crippen LogP contribution in [0.25, 0.3) is 16.6 Å². The molecule has 0 N–H and O–H groups in total. The van der Waals surface area contributed by atoms with Crippen LogP contribution in [-0.2, 0) is 6.54 Å². The number of allylic oxidation sites excluding steroid dienone is 1. The van der Waals surface area contributed by atoms with Gasteiger partial charge in [0.15, 0.2) is 0 Å². The van der Waals surface area contributed by atoms with E-state index in [9.17, 15) is 4.79 Å². The molecule has 0 aliphatic heterocycles. The summed E-state index contributed by atoms with van der Waals surface area (Å²) in [5.41, 5.74) is 1.85. The van der Waals surface area contributed by atoms with Gasteiger partial charge in [0.05, 0.1) is 11.4 Å². The molecule has 2 heterocycles. The topological polar surface area (TPSA) is 34.9 Å². The third-order valence-corrected chi connectivity index (χ3v) is 3.92. The van der Waals surface area contributed by atoms with Crippen molar-refractivity contribution in [1.82, 2.24) is 9.78 Å². The molecule has 1 aromatic carbocycles. The van der Waals surface area contributed by atoms with Crippen LogP contribution >= 0.6 is 11.3 Å². The zero-order chi connectivity index (χ0) is 14.5. The van der Waals surface area contributed by atoms with Gasteiger partial charge in [-0.05, 0) is 23.1 Å². The lowest BCUT2D eigenvalue weighted by atomic mass is 10.2. The highest BCUT2D eigenvalue weighted by atomic mass is 32.1. The summed E-state index contributed by atoms with van der Waals surface area (Å²) in [6, 6.07) is 17.3. The normalized spacial score (nSPS) is 11.0. The van der Waals surface area contributed by atoms with Gasteiger partial charge in [0, 0.05) is 6.07 Å². The van der Waals surface area contributed by atoms with Crippen LogP contribution in [0.4, 0.5) is 0 Å². The summed E-state index contributed by atoms with van der Waals surface area (Å²) in [5.74, 6) is 0.